The van der Waals surface area contributed by atoms with E-state index >= 15 is 0 Å². The van der Waals surface area contributed by atoms with Crippen LogP contribution >= 0.6 is 0 Å². The van der Waals surface area contributed by atoms with E-state index < -0.39 is 5.97 Å². The van der Waals surface area contributed by atoms with Crippen molar-refractivity contribution in [2.24, 2.45) is 0 Å². The Morgan fingerprint density at radius 2 is 1.57 bits per heavy atom. The highest BCUT2D eigenvalue weighted by Gasteiger charge is 2.08. The van der Waals surface area contributed by atoms with Crippen LogP contribution in [0.5, 0.6) is 11.5 Å². The van der Waals surface area contributed by atoms with Gasteiger partial charge >= 0.3 is 0 Å². The number of ether oxygens (including phenoxy) is 2. The van der Waals surface area contributed by atoms with Gasteiger partial charge in [0.15, 0.2) is 5.78 Å². The van der Waals surface area contributed by atoms with E-state index in [0.717, 1.165) is 5.56 Å². The second-order valence-corrected chi connectivity index (χ2v) is 5.87. The predicted molar refractivity (Wildman–Crippen MR) is 101 cm³/mol. The zero-order valence-corrected chi connectivity index (χ0v) is 15.3. The highest BCUT2D eigenvalue weighted by atomic mass is 16.5. The summed E-state index contributed by atoms with van der Waals surface area (Å²) in [7, 11) is 3.12. The van der Waals surface area contributed by atoms with Gasteiger partial charge in [-0.2, -0.15) is 0 Å². The summed E-state index contributed by atoms with van der Waals surface area (Å²) in [6.07, 6.45) is 3.14. The first-order chi connectivity index (χ1) is 13.5. The van der Waals surface area contributed by atoms with Crippen LogP contribution < -0.4 is 14.6 Å². The number of methoxy groups -OCH3 is 2. The van der Waals surface area contributed by atoms with Crippen molar-refractivity contribution >= 4 is 17.8 Å². The van der Waals surface area contributed by atoms with Crippen molar-refractivity contribution in [2.45, 2.75) is 0 Å². The van der Waals surface area contributed by atoms with Crippen LogP contribution in [0.25, 0.3) is 17.4 Å². The summed E-state index contributed by atoms with van der Waals surface area (Å²) in [6, 6.07) is 14.9. The van der Waals surface area contributed by atoms with Gasteiger partial charge in [0.2, 0.25) is 0 Å². The average Bonchev–Trinajstić information content (AvgIpc) is 3.22. The van der Waals surface area contributed by atoms with Gasteiger partial charge in [-0.05, 0) is 35.9 Å². The molecule has 0 fully saturated rings. The van der Waals surface area contributed by atoms with E-state index in [4.69, 9.17) is 13.9 Å². The largest absolute Gasteiger partial charge is 0.542 e. The molecule has 0 aliphatic carbocycles. The van der Waals surface area contributed by atoms with Gasteiger partial charge in [0, 0.05) is 17.2 Å². The maximum absolute atomic E-state index is 12.4. The average molecular weight is 377 g/mol. The van der Waals surface area contributed by atoms with Crippen LogP contribution in [0.3, 0.4) is 0 Å². The Morgan fingerprint density at radius 3 is 2.11 bits per heavy atom. The van der Waals surface area contributed by atoms with Crippen molar-refractivity contribution in [3.8, 4) is 22.8 Å². The van der Waals surface area contributed by atoms with E-state index in [9.17, 15) is 14.7 Å². The molecule has 1 aromatic heterocycles. The molecule has 0 radical (unpaired) electrons. The van der Waals surface area contributed by atoms with Crippen molar-refractivity contribution < 1.29 is 28.6 Å². The molecule has 6 heteroatoms. The monoisotopic (exact) mass is 377 g/mol. The molecule has 0 atom stereocenters. The third-order valence-corrected chi connectivity index (χ3v) is 4.06. The smallest absolute Gasteiger partial charge is 0.185 e. The molecular weight excluding hydrogens is 360 g/mol. The van der Waals surface area contributed by atoms with E-state index in [1.54, 1.807) is 62.8 Å². The molecule has 3 aromatic rings. The zero-order valence-electron chi connectivity index (χ0n) is 15.3. The molecule has 0 amide bonds. The normalized spacial score (nSPS) is 10.8. The molecule has 0 spiro atoms. The van der Waals surface area contributed by atoms with Gasteiger partial charge < -0.3 is 23.8 Å². The van der Waals surface area contributed by atoms with Crippen LogP contribution in [0.4, 0.5) is 0 Å². The number of allylic oxidation sites excluding steroid dienone is 1. The Balaban J connectivity index is 1.76. The van der Waals surface area contributed by atoms with E-state index in [2.05, 4.69) is 0 Å². The topological polar surface area (TPSA) is 88.8 Å². The minimum atomic E-state index is -1.38. The number of carbonyl (C=O) groups is 2. The van der Waals surface area contributed by atoms with Crippen molar-refractivity contribution in [3.63, 3.8) is 0 Å². The summed E-state index contributed by atoms with van der Waals surface area (Å²) in [5, 5.41) is 10.8. The summed E-state index contributed by atoms with van der Waals surface area (Å²) < 4.78 is 15.6. The number of furan rings is 1. The molecule has 0 unspecified atom stereocenters. The van der Waals surface area contributed by atoms with Gasteiger partial charge in [0.1, 0.15) is 29.0 Å². The SMILES string of the molecule is COc1cc(/C=C/C(=O)c2ccc(-c3ccc(C(=O)[O-])o3)cc2)cc(OC)c1. The first-order valence-electron chi connectivity index (χ1n) is 8.37. The third kappa shape index (κ3) is 4.29. The predicted octanol–water partition coefficient (Wildman–Crippen LogP) is 3.22. The number of aromatic carboxylic acids is 1. The van der Waals surface area contributed by atoms with Crippen molar-refractivity contribution in [1.82, 2.24) is 0 Å². The van der Waals surface area contributed by atoms with Gasteiger partial charge in [-0.3, -0.25) is 4.79 Å². The number of carboxylic acids is 1. The van der Waals surface area contributed by atoms with E-state index in [1.165, 1.54) is 18.2 Å². The number of rotatable bonds is 7. The first-order valence-corrected chi connectivity index (χ1v) is 8.37. The number of hydrogen-bond donors (Lipinski definition) is 0. The summed E-state index contributed by atoms with van der Waals surface area (Å²) in [4.78, 5) is 23.2. The molecule has 0 saturated heterocycles. The molecule has 6 nitrogen and oxygen atoms in total. The van der Waals surface area contributed by atoms with E-state index in [0.29, 0.717) is 28.4 Å². The number of carbonyl (C=O) groups excluding carboxylic acids is 2. The summed E-state index contributed by atoms with van der Waals surface area (Å²) in [6.45, 7) is 0. The Hall–Kier alpha value is -3.80. The van der Waals surface area contributed by atoms with Crippen LogP contribution in [0.1, 0.15) is 26.5 Å². The van der Waals surface area contributed by atoms with Crippen LogP contribution in [0.2, 0.25) is 0 Å². The van der Waals surface area contributed by atoms with Crippen LogP contribution in [-0.2, 0) is 0 Å². The molecular formula is C22H17O6-. The molecule has 3 rings (SSSR count). The fourth-order valence-electron chi connectivity index (χ4n) is 2.60. The lowest BCUT2D eigenvalue weighted by Crippen LogP contribution is -2.21. The minimum absolute atomic E-state index is 0.178. The molecule has 0 bridgehead atoms. The lowest BCUT2D eigenvalue weighted by atomic mass is 10.1. The summed E-state index contributed by atoms with van der Waals surface area (Å²) >= 11 is 0. The molecule has 0 N–H and O–H groups in total. The maximum atomic E-state index is 12.4. The quantitative estimate of drug-likeness (QED) is 0.464. The Morgan fingerprint density at radius 1 is 0.929 bits per heavy atom. The molecule has 0 saturated carbocycles. The standard InChI is InChI=1S/C22H18O6/c1-26-17-11-14(12-18(13-17)27-2)3-8-19(23)15-4-6-16(7-5-15)20-9-10-21(28-20)22(24)25/h3-13H,1-2H3,(H,24,25)/p-1/b8-3+. The van der Waals surface area contributed by atoms with Gasteiger partial charge in [-0.15, -0.1) is 0 Å². The lowest BCUT2D eigenvalue weighted by molar-refractivity contribution is -0.257. The van der Waals surface area contributed by atoms with E-state index in [1.807, 2.05) is 0 Å². The number of benzene rings is 2. The molecule has 0 aliphatic heterocycles. The third-order valence-electron chi connectivity index (χ3n) is 4.06. The minimum Gasteiger partial charge on any atom is -0.542 e. The number of hydrogen-bond acceptors (Lipinski definition) is 6. The second-order valence-electron chi connectivity index (χ2n) is 5.87. The van der Waals surface area contributed by atoms with Gasteiger partial charge in [0.05, 0.1) is 14.2 Å². The van der Waals surface area contributed by atoms with E-state index in [-0.39, 0.29) is 11.5 Å². The molecule has 1 heterocycles. The number of carboxylic acid groups (broad SMARTS) is 1. The molecule has 2 aromatic carbocycles. The van der Waals surface area contributed by atoms with Gasteiger partial charge in [-0.1, -0.05) is 30.3 Å². The first kappa shape index (κ1) is 19.0. The van der Waals surface area contributed by atoms with Crippen molar-refractivity contribution in [1.29, 1.82) is 0 Å². The van der Waals surface area contributed by atoms with Crippen LogP contribution in [0, 0.1) is 0 Å². The van der Waals surface area contributed by atoms with Gasteiger partial charge in [0.25, 0.3) is 0 Å². The van der Waals surface area contributed by atoms with Crippen molar-refractivity contribution in [3.05, 3.63) is 77.6 Å². The van der Waals surface area contributed by atoms with Gasteiger partial charge in [-0.25, -0.2) is 0 Å². The van der Waals surface area contributed by atoms with Crippen molar-refractivity contribution in [2.75, 3.05) is 14.2 Å². The lowest BCUT2D eigenvalue weighted by Gasteiger charge is -2.05. The maximum Gasteiger partial charge on any atom is 0.185 e. The second kappa shape index (κ2) is 8.26. The molecule has 28 heavy (non-hydrogen) atoms. The van der Waals surface area contributed by atoms with Crippen LogP contribution in [0.15, 0.2) is 65.1 Å². The highest BCUT2D eigenvalue weighted by molar-refractivity contribution is 6.07. The highest BCUT2D eigenvalue weighted by Crippen LogP contribution is 2.24. The molecule has 0 aliphatic rings. The molecule has 142 valence electrons. The fourth-order valence-corrected chi connectivity index (χ4v) is 2.60. The Labute approximate surface area is 161 Å². The number of ketones is 1. The Bertz CT molecular complexity index is 1010. The Kier molecular flexibility index (Phi) is 5.60. The summed E-state index contributed by atoms with van der Waals surface area (Å²) in [5.41, 5.74) is 1.92. The summed E-state index contributed by atoms with van der Waals surface area (Å²) in [5.74, 6) is -0.153. The van der Waals surface area contributed by atoms with Crippen LogP contribution in [-0.4, -0.2) is 26.0 Å². The zero-order chi connectivity index (χ0) is 20.1. The fraction of sp³-hybridized carbons (Fsp3) is 0.0909.